The average molecular weight is 289 g/mol. The molecule has 0 aromatic heterocycles. The highest BCUT2D eigenvalue weighted by molar-refractivity contribution is 5.85. The molecule has 0 radical (unpaired) electrons. The normalized spacial score (nSPS) is 21.1. The third-order valence-corrected chi connectivity index (χ3v) is 4.64. The maximum absolute atomic E-state index is 12.3. The molecule has 0 bridgehead atoms. The van der Waals surface area contributed by atoms with E-state index in [1.807, 2.05) is 0 Å². The number of rotatable bonds is 5. The van der Waals surface area contributed by atoms with Gasteiger partial charge in [-0.1, -0.05) is 20.8 Å². The van der Waals surface area contributed by atoms with E-state index in [0.29, 0.717) is 11.9 Å². The predicted octanol–water partition coefficient (Wildman–Crippen LogP) is 2.84. The second-order valence-corrected chi connectivity index (χ2v) is 6.66. The van der Waals surface area contributed by atoms with Gasteiger partial charge in [0.15, 0.2) is 0 Å². The minimum Gasteiger partial charge on any atom is -0.342 e. The molecule has 19 heavy (non-hydrogen) atoms. The summed E-state index contributed by atoms with van der Waals surface area (Å²) in [5.41, 5.74) is -0.186. The van der Waals surface area contributed by atoms with Gasteiger partial charge in [-0.15, -0.1) is 12.4 Å². The Kier molecular flexibility index (Phi) is 6.13. The van der Waals surface area contributed by atoms with E-state index in [4.69, 9.17) is 0 Å². The topological polar surface area (TPSA) is 32.3 Å². The molecular formula is C15H29ClN2O. The molecule has 0 spiro atoms. The summed E-state index contributed by atoms with van der Waals surface area (Å²) >= 11 is 0. The molecule has 1 saturated heterocycles. The molecule has 0 aromatic carbocycles. The number of halogens is 1. The highest BCUT2D eigenvalue weighted by Crippen LogP contribution is 2.28. The Bertz CT molecular complexity index is 295. The average Bonchev–Trinajstić information content (AvgIpc) is 3.20. The van der Waals surface area contributed by atoms with Crippen molar-refractivity contribution in [2.24, 2.45) is 11.3 Å². The number of nitrogens with zero attached hydrogens (tertiary/aromatic N) is 1. The van der Waals surface area contributed by atoms with Crippen molar-refractivity contribution in [3.05, 3.63) is 0 Å². The molecule has 1 aliphatic heterocycles. The zero-order valence-electron chi connectivity index (χ0n) is 12.6. The number of amides is 1. The standard InChI is InChI=1S/C15H28N2O.ClH/c1-4-15(2,3)14(18)17-9-7-13(8-10-17)16-11-12-5-6-12;/h12-13,16H,4-11H2,1-3H3;1H. The fraction of sp³-hybridized carbons (Fsp3) is 0.933. The van der Waals surface area contributed by atoms with Crippen LogP contribution in [0.3, 0.4) is 0 Å². The van der Waals surface area contributed by atoms with Crippen LogP contribution in [-0.2, 0) is 4.79 Å². The summed E-state index contributed by atoms with van der Waals surface area (Å²) < 4.78 is 0. The lowest BCUT2D eigenvalue weighted by Crippen LogP contribution is -2.49. The van der Waals surface area contributed by atoms with Crippen LogP contribution < -0.4 is 5.32 Å². The minimum atomic E-state index is -0.186. The van der Waals surface area contributed by atoms with Crippen LogP contribution >= 0.6 is 12.4 Å². The van der Waals surface area contributed by atoms with E-state index < -0.39 is 0 Å². The fourth-order valence-corrected chi connectivity index (χ4v) is 2.52. The second kappa shape index (κ2) is 6.94. The van der Waals surface area contributed by atoms with Gasteiger partial charge in [0.2, 0.25) is 5.91 Å². The molecule has 1 amide bonds. The van der Waals surface area contributed by atoms with Crippen molar-refractivity contribution in [1.29, 1.82) is 0 Å². The van der Waals surface area contributed by atoms with Crippen LogP contribution in [0.2, 0.25) is 0 Å². The van der Waals surface area contributed by atoms with Gasteiger partial charge in [-0.3, -0.25) is 4.79 Å². The Labute approximate surface area is 123 Å². The van der Waals surface area contributed by atoms with Crippen molar-refractivity contribution in [1.82, 2.24) is 10.2 Å². The first-order chi connectivity index (χ1) is 8.53. The molecule has 3 nitrogen and oxygen atoms in total. The van der Waals surface area contributed by atoms with Crippen molar-refractivity contribution in [3.63, 3.8) is 0 Å². The van der Waals surface area contributed by atoms with Crippen molar-refractivity contribution < 1.29 is 4.79 Å². The maximum atomic E-state index is 12.3. The Morgan fingerprint density at radius 1 is 1.21 bits per heavy atom. The lowest BCUT2D eigenvalue weighted by atomic mass is 9.87. The molecule has 1 aliphatic carbocycles. The van der Waals surface area contributed by atoms with E-state index in [1.165, 1.54) is 19.4 Å². The van der Waals surface area contributed by atoms with E-state index in [-0.39, 0.29) is 17.8 Å². The summed E-state index contributed by atoms with van der Waals surface area (Å²) in [5, 5.41) is 3.66. The van der Waals surface area contributed by atoms with E-state index in [1.54, 1.807) is 0 Å². The van der Waals surface area contributed by atoms with Gasteiger partial charge in [-0.05, 0) is 44.6 Å². The van der Waals surface area contributed by atoms with Gasteiger partial charge in [0.05, 0.1) is 0 Å². The number of carbonyl (C=O) groups is 1. The van der Waals surface area contributed by atoms with Crippen LogP contribution in [0.4, 0.5) is 0 Å². The lowest BCUT2D eigenvalue weighted by Gasteiger charge is -2.37. The molecule has 4 heteroatoms. The van der Waals surface area contributed by atoms with Gasteiger partial charge >= 0.3 is 0 Å². The molecular weight excluding hydrogens is 260 g/mol. The molecule has 112 valence electrons. The van der Waals surface area contributed by atoms with Gasteiger partial charge in [0.1, 0.15) is 0 Å². The van der Waals surface area contributed by atoms with Crippen molar-refractivity contribution in [3.8, 4) is 0 Å². The first kappa shape index (κ1) is 16.8. The second-order valence-electron chi connectivity index (χ2n) is 6.66. The highest BCUT2D eigenvalue weighted by atomic mass is 35.5. The molecule has 0 aromatic rings. The van der Waals surface area contributed by atoms with Crippen molar-refractivity contribution >= 4 is 18.3 Å². The van der Waals surface area contributed by atoms with Gasteiger partial charge < -0.3 is 10.2 Å². The van der Waals surface area contributed by atoms with Gasteiger partial charge in [0.25, 0.3) is 0 Å². The van der Waals surface area contributed by atoms with Crippen molar-refractivity contribution in [2.75, 3.05) is 19.6 Å². The minimum absolute atomic E-state index is 0. The summed E-state index contributed by atoms with van der Waals surface area (Å²) in [6.45, 7) is 9.29. The van der Waals surface area contributed by atoms with Crippen LogP contribution in [0.15, 0.2) is 0 Å². The molecule has 2 rings (SSSR count). The number of hydrogen-bond acceptors (Lipinski definition) is 2. The Balaban J connectivity index is 0.00000180. The van der Waals surface area contributed by atoms with Crippen LogP contribution in [0.1, 0.15) is 52.9 Å². The Hall–Kier alpha value is -0.280. The highest BCUT2D eigenvalue weighted by Gasteiger charge is 2.32. The monoisotopic (exact) mass is 288 g/mol. The summed E-state index contributed by atoms with van der Waals surface area (Å²) in [4.78, 5) is 14.4. The summed E-state index contributed by atoms with van der Waals surface area (Å²) in [6, 6.07) is 0.638. The molecule has 1 N–H and O–H groups in total. The number of hydrogen-bond donors (Lipinski definition) is 1. The predicted molar refractivity (Wildman–Crippen MR) is 81.6 cm³/mol. The number of likely N-dealkylation sites (tertiary alicyclic amines) is 1. The first-order valence-corrected chi connectivity index (χ1v) is 7.55. The Morgan fingerprint density at radius 2 is 1.79 bits per heavy atom. The smallest absolute Gasteiger partial charge is 0.228 e. The number of carbonyl (C=O) groups excluding carboxylic acids is 1. The summed E-state index contributed by atoms with van der Waals surface area (Å²) in [7, 11) is 0. The SMILES string of the molecule is CCC(C)(C)C(=O)N1CCC(NCC2CC2)CC1.Cl. The molecule has 2 aliphatic rings. The van der Waals surface area contributed by atoms with Crippen molar-refractivity contribution in [2.45, 2.75) is 58.9 Å². The summed E-state index contributed by atoms with van der Waals surface area (Å²) in [6.07, 6.45) is 5.99. The van der Waals surface area contributed by atoms with E-state index in [0.717, 1.165) is 38.3 Å². The number of piperidine rings is 1. The lowest BCUT2D eigenvalue weighted by molar-refractivity contribution is -0.141. The number of nitrogens with one attached hydrogen (secondary N) is 1. The fourth-order valence-electron chi connectivity index (χ4n) is 2.52. The van der Waals surface area contributed by atoms with Crippen LogP contribution in [0, 0.1) is 11.3 Å². The molecule has 0 unspecified atom stereocenters. The van der Waals surface area contributed by atoms with Crippen LogP contribution in [0.5, 0.6) is 0 Å². The third-order valence-electron chi connectivity index (χ3n) is 4.64. The zero-order chi connectivity index (χ0) is 13.2. The third kappa shape index (κ3) is 4.64. The Morgan fingerprint density at radius 3 is 2.26 bits per heavy atom. The van der Waals surface area contributed by atoms with Crippen LogP contribution in [-0.4, -0.2) is 36.5 Å². The summed E-state index contributed by atoms with van der Waals surface area (Å²) in [5.74, 6) is 1.29. The zero-order valence-corrected chi connectivity index (χ0v) is 13.4. The van der Waals surface area contributed by atoms with E-state index >= 15 is 0 Å². The van der Waals surface area contributed by atoms with Gasteiger partial charge in [-0.25, -0.2) is 0 Å². The molecule has 1 saturated carbocycles. The maximum Gasteiger partial charge on any atom is 0.228 e. The van der Waals surface area contributed by atoms with Gasteiger partial charge in [-0.2, -0.15) is 0 Å². The largest absolute Gasteiger partial charge is 0.342 e. The molecule has 1 heterocycles. The molecule has 0 atom stereocenters. The van der Waals surface area contributed by atoms with Crippen LogP contribution in [0.25, 0.3) is 0 Å². The van der Waals surface area contributed by atoms with Gasteiger partial charge in [0, 0.05) is 24.5 Å². The quantitative estimate of drug-likeness (QED) is 0.844. The van der Waals surface area contributed by atoms with E-state index in [9.17, 15) is 4.79 Å². The van der Waals surface area contributed by atoms with E-state index in [2.05, 4.69) is 31.0 Å². The molecule has 2 fully saturated rings. The first-order valence-electron chi connectivity index (χ1n) is 7.55.